The number of nitrogens with zero attached hydrogens (tertiary/aromatic N) is 5. The quantitative estimate of drug-likeness (QED) is 0.505. The topological polar surface area (TPSA) is 67.6 Å². The molecule has 0 radical (unpaired) electrons. The van der Waals surface area contributed by atoms with E-state index in [1.807, 2.05) is 25.2 Å². The molecule has 1 aromatic heterocycles. The van der Waals surface area contributed by atoms with E-state index >= 15 is 0 Å². The third kappa shape index (κ3) is 6.32. The average molecular weight is 439 g/mol. The van der Waals surface area contributed by atoms with Gasteiger partial charge in [0.15, 0.2) is 5.96 Å². The molecule has 0 saturated carbocycles. The van der Waals surface area contributed by atoms with Gasteiger partial charge in [-0.2, -0.15) is 0 Å². The van der Waals surface area contributed by atoms with E-state index in [0.29, 0.717) is 23.1 Å². The minimum absolute atomic E-state index is 0.203. The smallest absolute Gasteiger partial charge is 0.194 e. The van der Waals surface area contributed by atoms with Crippen molar-refractivity contribution in [2.24, 2.45) is 4.99 Å². The molecule has 2 aromatic rings. The zero-order valence-electron chi connectivity index (χ0n) is 16.9. The minimum Gasteiger partial charge on any atom is -0.376 e. The Hall–Kier alpha value is -1.83. The molecule has 29 heavy (non-hydrogen) atoms. The van der Waals surface area contributed by atoms with Gasteiger partial charge in [0.2, 0.25) is 0 Å². The molecule has 1 atom stereocenters. The standard InChI is InChI=1S/C20H28Cl2N6O/c1-3-19-26-25-14-28(19)9-8-23-20(24-12-16-5-4-10-29-16)27(2)13-15-6-7-17(21)18(22)11-15/h6-7,11,14,16H,3-5,8-10,12-13H2,1-2H3,(H,23,24). The summed E-state index contributed by atoms with van der Waals surface area (Å²) in [4.78, 5) is 6.89. The van der Waals surface area contributed by atoms with Crippen molar-refractivity contribution < 1.29 is 4.74 Å². The third-order valence-corrected chi connectivity index (χ3v) is 5.62. The maximum atomic E-state index is 6.17. The number of hydrogen-bond donors (Lipinski definition) is 1. The van der Waals surface area contributed by atoms with Gasteiger partial charge >= 0.3 is 0 Å². The molecule has 1 aliphatic rings. The Morgan fingerprint density at radius 2 is 2.24 bits per heavy atom. The lowest BCUT2D eigenvalue weighted by atomic mass is 10.2. The van der Waals surface area contributed by atoms with Gasteiger partial charge in [-0.1, -0.05) is 36.2 Å². The molecule has 0 aliphatic carbocycles. The van der Waals surface area contributed by atoms with Gasteiger partial charge in [-0.05, 0) is 30.5 Å². The summed E-state index contributed by atoms with van der Waals surface area (Å²) < 4.78 is 7.78. The molecule has 158 valence electrons. The molecule has 0 spiro atoms. The van der Waals surface area contributed by atoms with Gasteiger partial charge in [-0.25, -0.2) is 0 Å². The molecule has 7 nitrogen and oxygen atoms in total. The second kappa shape index (κ2) is 10.8. The van der Waals surface area contributed by atoms with E-state index < -0.39 is 0 Å². The molecule has 3 rings (SSSR count). The number of nitrogens with one attached hydrogen (secondary N) is 1. The van der Waals surface area contributed by atoms with Crippen LogP contribution in [0.1, 0.15) is 31.2 Å². The van der Waals surface area contributed by atoms with E-state index in [-0.39, 0.29) is 6.10 Å². The first-order valence-electron chi connectivity index (χ1n) is 9.98. The van der Waals surface area contributed by atoms with Gasteiger partial charge in [0.1, 0.15) is 12.2 Å². The molecule has 0 bridgehead atoms. The summed E-state index contributed by atoms with van der Waals surface area (Å²) in [6.07, 6.45) is 5.00. The van der Waals surface area contributed by atoms with Gasteiger partial charge in [-0.3, -0.25) is 4.99 Å². The Morgan fingerprint density at radius 3 is 2.97 bits per heavy atom. The number of halogens is 2. The Balaban J connectivity index is 1.64. The van der Waals surface area contributed by atoms with Crippen LogP contribution in [0.2, 0.25) is 10.0 Å². The van der Waals surface area contributed by atoms with E-state index in [1.54, 1.807) is 6.33 Å². The molecular weight excluding hydrogens is 411 g/mol. The Morgan fingerprint density at radius 1 is 1.38 bits per heavy atom. The lowest BCUT2D eigenvalue weighted by molar-refractivity contribution is 0.117. The molecule has 2 heterocycles. The van der Waals surface area contributed by atoms with Crippen LogP contribution in [0, 0.1) is 0 Å². The molecule has 0 amide bonds. The second-order valence-electron chi connectivity index (χ2n) is 7.12. The van der Waals surface area contributed by atoms with Crippen molar-refractivity contribution in [2.45, 2.75) is 45.4 Å². The molecule has 1 unspecified atom stereocenters. The van der Waals surface area contributed by atoms with Gasteiger partial charge in [0.25, 0.3) is 0 Å². The van der Waals surface area contributed by atoms with Crippen LogP contribution in [0.3, 0.4) is 0 Å². The van der Waals surface area contributed by atoms with Gasteiger partial charge in [0, 0.05) is 39.7 Å². The summed E-state index contributed by atoms with van der Waals surface area (Å²) in [7, 11) is 2.01. The highest BCUT2D eigenvalue weighted by atomic mass is 35.5. The van der Waals surface area contributed by atoms with Crippen LogP contribution in [0.25, 0.3) is 0 Å². The SMILES string of the molecule is CCc1nncn1CCNC(=NCC1CCCO1)N(C)Cc1ccc(Cl)c(Cl)c1. The number of aryl methyl sites for hydroxylation is 1. The summed E-state index contributed by atoms with van der Waals surface area (Å²) >= 11 is 12.2. The molecular formula is C20H28Cl2N6O. The van der Waals surface area contributed by atoms with E-state index in [1.165, 1.54) is 0 Å². The first kappa shape index (κ1) is 21.9. The van der Waals surface area contributed by atoms with Crippen LogP contribution in [-0.4, -0.2) is 58.5 Å². The van der Waals surface area contributed by atoms with Crippen molar-refractivity contribution >= 4 is 29.2 Å². The Labute approximate surface area is 182 Å². The number of benzene rings is 1. The minimum atomic E-state index is 0.203. The normalized spacial score (nSPS) is 17.0. The molecule has 1 N–H and O–H groups in total. The maximum Gasteiger partial charge on any atom is 0.194 e. The van der Waals surface area contributed by atoms with E-state index in [0.717, 1.165) is 56.3 Å². The van der Waals surface area contributed by atoms with E-state index in [2.05, 4.69) is 31.9 Å². The second-order valence-corrected chi connectivity index (χ2v) is 7.94. The van der Waals surface area contributed by atoms with E-state index in [4.69, 9.17) is 32.9 Å². The van der Waals surface area contributed by atoms with Crippen LogP contribution >= 0.6 is 23.2 Å². The lowest BCUT2D eigenvalue weighted by Gasteiger charge is -2.23. The number of aromatic nitrogens is 3. The predicted octanol–water partition coefficient (Wildman–Crippen LogP) is 3.40. The fourth-order valence-corrected chi connectivity index (χ4v) is 3.62. The van der Waals surface area contributed by atoms with Crippen LogP contribution in [-0.2, 0) is 24.2 Å². The fourth-order valence-electron chi connectivity index (χ4n) is 3.30. The average Bonchev–Trinajstić information content (AvgIpc) is 3.38. The first-order chi connectivity index (χ1) is 14.1. The van der Waals surface area contributed by atoms with Crippen LogP contribution < -0.4 is 5.32 Å². The zero-order chi connectivity index (χ0) is 20.6. The van der Waals surface area contributed by atoms with Crippen molar-refractivity contribution in [3.63, 3.8) is 0 Å². The molecule has 9 heteroatoms. The number of aliphatic imine (C=N–C) groups is 1. The summed E-state index contributed by atoms with van der Waals surface area (Å²) in [5.41, 5.74) is 1.07. The molecule has 1 aromatic carbocycles. The number of ether oxygens (including phenoxy) is 1. The zero-order valence-corrected chi connectivity index (χ0v) is 18.5. The van der Waals surface area contributed by atoms with Crippen molar-refractivity contribution in [2.75, 3.05) is 26.7 Å². The molecule has 1 saturated heterocycles. The lowest BCUT2D eigenvalue weighted by Crippen LogP contribution is -2.40. The van der Waals surface area contributed by atoms with Crippen LogP contribution in [0.5, 0.6) is 0 Å². The molecule has 1 aliphatic heterocycles. The molecule has 1 fully saturated rings. The summed E-state index contributed by atoms with van der Waals surface area (Å²) in [5, 5.41) is 12.7. The van der Waals surface area contributed by atoms with Crippen molar-refractivity contribution in [1.82, 2.24) is 25.0 Å². The van der Waals surface area contributed by atoms with Gasteiger partial charge in [0.05, 0.1) is 22.7 Å². The highest BCUT2D eigenvalue weighted by molar-refractivity contribution is 6.42. The van der Waals surface area contributed by atoms with E-state index in [9.17, 15) is 0 Å². The Bertz CT molecular complexity index is 819. The largest absolute Gasteiger partial charge is 0.376 e. The first-order valence-corrected chi connectivity index (χ1v) is 10.7. The monoisotopic (exact) mass is 438 g/mol. The highest BCUT2D eigenvalue weighted by Crippen LogP contribution is 2.23. The van der Waals surface area contributed by atoms with Gasteiger partial charge in [-0.15, -0.1) is 10.2 Å². The fraction of sp³-hybridized carbons (Fsp3) is 0.550. The van der Waals surface area contributed by atoms with Crippen molar-refractivity contribution in [3.05, 3.63) is 46.0 Å². The Kier molecular flexibility index (Phi) is 8.15. The number of guanidine groups is 1. The maximum absolute atomic E-state index is 6.17. The van der Waals surface area contributed by atoms with Crippen molar-refractivity contribution in [1.29, 1.82) is 0 Å². The summed E-state index contributed by atoms with van der Waals surface area (Å²) in [6, 6.07) is 5.69. The van der Waals surface area contributed by atoms with Crippen LogP contribution in [0.15, 0.2) is 29.5 Å². The summed E-state index contributed by atoms with van der Waals surface area (Å²) in [6.45, 7) is 5.72. The highest BCUT2D eigenvalue weighted by Gasteiger charge is 2.16. The van der Waals surface area contributed by atoms with Crippen LogP contribution in [0.4, 0.5) is 0 Å². The summed E-state index contributed by atoms with van der Waals surface area (Å²) in [5.74, 6) is 1.81. The number of rotatable bonds is 8. The van der Waals surface area contributed by atoms with Crippen molar-refractivity contribution in [3.8, 4) is 0 Å². The number of hydrogen-bond acceptors (Lipinski definition) is 4. The van der Waals surface area contributed by atoms with Gasteiger partial charge < -0.3 is 19.5 Å². The predicted molar refractivity (Wildman–Crippen MR) is 117 cm³/mol. The third-order valence-electron chi connectivity index (χ3n) is 4.88.